The molecule has 16 heavy (non-hydrogen) atoms. The van der Waals surface area contributed by atoms with Gasteiger partial charge in [0.1, 0.15) is 5.75 Å². The molecule has 8 heteroatoms. The molecule has 0 saturated carbocycles. The summed E-state index contributed by atoms with van der Waals surface area (Å²) in [6.45, 7) is 0. The molecule has 2 heterocycles. The van der Waals surface area contributed by atoms with Gasteiger partial charge in [0.05, 0.1) is 11.8 Å². The van der Waals surface area contributed by atoms with Crippen LogP contribution in [0.25, 0.3) is 0 Å². The Labute approximate surface area is 89.5 Å². The Bertz CT molecular complexity index is 524. The average Bonchev–Trinajstić information content (AvgIpc) is 2.65. The van der Waals surface area contributed by atoms with Crippen LogP contribution in [0.5, 0.6) is 11.8 Å². The van der Waals surface area contributed by atoms with Crippen molar-refractivity contribution in [2.75, 3.05) is 0 Å². The van der Waals surface area contributed by atoms with Crippen molar-refractivity contribution in [2.24, 2.45) is 7.05 Å². The van der Waals surface area contributed by atoms with Crippen LogP contribution >= 0.6 is 0 Å². The van der Waals surface area contributed by atoms with E-state index in [1.54, 1.807) is 7.05 Å². The summed E-state index contributed by atoms with van der Waals surface area (Å²) >= 11 is 0. The summed E-state index contributed by atoms with van der Waals surface area (Å²) in [7, 11) is 1.60. The Kier molecular flexibility index (Phi) is 2.46. The largest absolute Gasteiger partial charge is 0.478 e. The number of aryl methyl sites for hydroxylation is 1. The molecule has 0 bridgehead atoms. The maximum absolute atomic E-state index is 10.7. The summed E-state index contributed by atoms with van der Waals surface area (Å²) in [5.41, 5.74) is 0.0348. The van der Waals surface area contributed by atoms with Gasteiger partial charge in [-0.2, -0.15) is 4.68 Å². The second-order valence-electron chi connectivity index (χ2n) is 2.90. The summed E-state index contributed by atoms with van der Waals surface area (Å²) in [4.78, 5) is 14.4. The number of hydrogen-bond acceptors (Lipinski definition) is 6. The fourth-order valence-electron chi connectivity index (χ4n) is 1.00. The zero-order valence-corrected chi connectivity index (χ0v) is 8.23. The van der Waals surface area contributed by atoms with Crippen LogP contribution < -0.4 is 4.74 Å². The Morgan fingerprint density at radius 1 is 1.50 bits per heavy atom. The number of rotatable bonds is 3. The third-order valence-corrected chi connectivity index (χ3v) is 1.75. The predicted octanol–water partition coefficient (Wildman–Crippen LogP) is 0.0956. The minimum Gasteiger partial charge on any atom is -0.478 e. The zero-order valence-electron chi connectivity index (χ0n) is 8.23. The van der Waals surface area contributed by atoms with Crippen LogP contribution in [0.2, 0.25) is 0 Å². The van der Waals surface area contributed by atoms with Crippen LogP contribution in [0, 0.1) is 0 Å². The van der Waals surface area contributed by atoms with E-state index >= 15 is 0 Å². The number of tetrazole rings is 1. The van der Waals surface area contributed by atoms with Gasteiger partial charge in [0.15, 0.2) is 0 Å². The Hall–Kier alpha value is -2.51. The van der Waals surface area contributed by atoms with E-state index < -0.39 is 5.97 Å². The zero-order chi connectivity index (χ0) is 11.5. The molecule has 1 N–H and O–H groups in total. The van der Waals surface area contributed by atoms with Gasteiger partial charge in [-0.25, -0.2) is 4.79 Å². The van der Waals surface area contributed by atoms with Crippen molar-refractivity contribution in [3.63, 3.8) is 0 Å². The fourth-order valence-corrected chi connectivity index (χ4v) is 1.00. The van der Waals surface area contributed by atoms with Crippen LogP contribution in [-0.4, -0.2) is 36.3 Å². The van der Waals surface area contributed by atoms with E-state index in [9.17, 15) is 4.79 Å². The average molecular weight is 221 g/mol. The van der Waals surface area contributed by atoms with Gasteiger partial charge < -0.3 is 9.84 Å². The molecular formula is C8H7N5O3. The highest BCUT2D eigenvalue weighted by Gasteiger charge is 2.08. The maximum Gasteiger partial charge on any atom is 0.340 e. The molecule has 0 spiro atoms. The van der Waals surface area contributed by atoms with Crippen molar-refractivity contribution >= 4 is 5.97 Å². The predicted molar refractivity (Wildman–Crippen MR) is 50.1 cm³/mol. The number of carboxylic acids is 1. The van der Waals surface area contributed by atoms with Gasteiger partial charge >= 0.3 is 12.0 Å². The molecule has 8 nitrogen and oxygen atoms in total. The lowest BCUT2D eigenvalue weighted by Crippen LogP contribution is -2.00. The van der Waals surface area contributed by atoms with Gasteiger partial charge in [-0.3, -0.25) is 4.98 Å². The van der Waals surface area contributed by atoms with E-state index in [1.165, 1.54) is 23.1 Å². The van der Waals surface area contributed by atoms with Crippen LogP contribution in [0.3, 0.4) is 0 Å². The molecule has 2 aromatic rings. The number of ether oxygens (including phenoxy) is 1. The van der Waals surface area contributed by atoms with E-state index in [0.29, 0.717) is 0 Å². The molecule has 0 aliphatic heterocycles. The highest BCUT2D eigenvalue weighted by Crippen LogP contribution is 2.17. The molecule has 0 unspecified atom stereocenters. The minimum atomic E-state index is -1.07. The van der Waals surface area contributed by atoms with Crippen molar-refractivity contribution < 1.29 is 14.6 Å². The Morgan fingerprint density at radius 3 is 2.94 bits per heavy atom. The van der Waals surface area contributed by atoms with Crippen LogP contribution in [-0.2, 0) is 7.05 Å². The molecule has 0 amide bonds. The maximum atomic E-state index is 10.7. The number of pyridine rings is 1. The van der Waals surface area contributed by atoms with Crippen LogP contribution in [0.1, 0.15) is 10.4 Å². The molecular weight excluding hydrogens is 214 g/mol. The van der Waals surface area contributed by atoms with Gasteiger partial charge in [0.2, 0.25) is 0 Å². The van der Waals surface area contributed by atoms with E-state index in [0.717, 1.165) is 0 Å². The number of aromatic carboxylic acids is 1. The van der Waals surface area contributed by atoms with Gasteiger partial charge in [-0.1, -0.05) is 5.10 Å². The highest BCUT2D eigenvalue weighted by molar-refractivity contribution is 5.87. The SMILES string of the molecule is Cn1nnnc1Oc1cncc(C(=O)O)c1. The molecule has 2 rings (SSSR count). The highest BCUT2D eigenvalue weighted by atomic mass is 16.5. The molecule has 0 aliphatic rings. The van der Waals surface area contributed by atoms with Crippen molar-refractivity contribution in [1.29, 1.82) is 0 Å². The lowest BCUT2D eigenvalue weighted by Gasteiger charge is -2.02. The normalized spacial score (nSPS) is 10.1. The molecule has 0 aliphatic carbocycles. The lowest BCUT2D eigenvalue weighted by molar-refractivity contribution is 0.0696. The molecule has 0 radical (unpaired) electrons. The van der Waals surface area contributed by atoms with Crippen molar-refractivity contribution in [3.05, 3.63) is 24.0 Å². The first-order valence-corrected chi connectivity index (χ1v) is 4.25. The van der Waals surface area contributed by atoms with Gasteiger partial charge in [-0.05, 0) is 16.5 Å². The summed E-state index contributed by atoms with van der Waals surface area (Å²) in [6.07, 6.45) is 2.60. The summed E-state index contributed by atoms with van der Waals surface area (Å²) in [5.74, 6) is -0.813. The number of carboxylic acid groups (broad SMARTS) is 1. The smallest absolute Gasteiger partial charge is 0.340 e. The second kappa shape index (κ2) is 3.93. The molecule has 0 atom stereocenters. The van der Waals surface area contributed by atoms with Gasteiger partial charge in [-0.15, -0.1) is 0 Å². The van der Waals surface area contributed by atoms with E-state index in [2.05, 4.69) is 20.5 Å². The second-order valence-corrected chi connectivity index (χ2v) is 2.90. The van der Waals surface area contributed by atoms with Gasteiger partial charge in [0.25, 0.3) is 0 Å². The first kappa shape index (κ1) is 10.0. The fraction of sp³-hybridized carbons (Fsp3) is 0.125. The van der Waals surface area contributed by atoms with Crippen LogP contribution in [0.15, 0.2) is 18.5 Å². The van der Waals surface area contributed by atoms with Crippen LogP contribution in [0.4, 0.5) is 0 Å². The van der Waals surface area contributed by atoms with Crippen molar-refractivity contribution in [2.45, 2.75) is 0 Å². The first-order chi connectivity index (χ1) is 7.66. The number of nitrogens with zero attached hydrogens (tertiary/aromatic N) is 5. The number of carbonyl (C=O) groups is 1. The first-order valence-electron chi connectivity index (χ1n) is 4.25. The minimum absolute atomic E-state index is 0.0348. The molecule has 0 fully saturated rings. The lowest BCUT2D eigenvalue weighted by atomic mass is 10.3. The monoisotopic (exact) mass is 221 g/mol. The summed E-state index contributed by atoms with van der Waals surface area (Å²) < 4.78 is 6.55. The quantitative estimate of drug-likeness (QED) is 0.783. The molecule has 0 saturated heterocycles. The van der Waals surface area contributed by atoms with Crippen molar-refractivity contribution in [3.8, 4) is 11.8 Å². The molecule has 0 aromatic carbocycles. The van der Waals surface area contributed by atoms with E-state index in [1.807, 2.05) is 0 Å². The topological polar surface area (TPSA) is 103 Å². The molecule has 2 aromatic heterocycles. The Balaban J connectivity index is 2.25. The summed E-state index contributed by atoms with van der Waals surface area (Å²) in [5, 5.41) is 19.3. The standard InChI is InChI=1S/C8H7N5O3/c1-13-8(10-11-12-13)16-6-2-5(7(14)15)3-9-4-6/h2-4H,1H3,(H,14,15). The number of hydrogen-bond donors (Lipinski definition) is 1. The van der Waals surface area contributed by atoms with E-state index in [4.69, 9.17) is 9.84 Å². The third kappa shape index (κ3) is 1.95. The summed E-state index contributed by atoms with van der Waals surface area (Å²) in [6, 6.07) is 1.49. The van der Waals surface area contributed by atoms with E-state index in [-0.39, 0.29) is 17.3 Å². The van der Waals surface area contributed by atoms with Gasteiger partial charge in [0, 0.05) is 13.2 Å². The number of aromatic nitrogens is 5. The molecule has 82 valence electrons. The third-order valence-electron chi connectivity index (χ3n) is 1.75. The van der Waals surface area contributed by atoms with Crippen molar-refractivity contribution in [1.82, 2.24) is 25.2 Å². The Morgan fingerprint density at radius 2 is 2.31 bits per heavy atom.